The van der Waals surface area contributed by atoms with E-state index in [0.29, 0.717) is 6.54 Å². The molecular weight excluding hydrogens is 226 g/mol. The third-order valence-electron chi connectivity index (χ3n) is 3.01. The van der Waals surface area contributed by atoms with Crippen LogP contribution in [0.3, 0.4) is 0 Å². The largest absolute Gasteiger partial charge is 0.355 e. The van der Waals surface area contributed by atoms with E-state index in [2.05, 4.69) is 21.9 Å². The van der Waals surface area contributed by atoms with E-state index in [9.17, 15) is 0 Å². The molecule has 0 radical (unpaired) electrons. The fourth-order valence-electron chi connectivity index (χ4n) is 2.06. The highest BCUT2D eigenvalue weighted by Gasteiger charge is 2.11. The van der Waals surface area contributed by atoms with Crippen molar-refractivity contribution in [1.82, 2.24) is 14.8 Å². The zero-order chi connectivity index (χ0) is 13.1. The van der Waals surface area contributed by atoms with Crippen LogP contribution in [0, 0.1) is 6.92 Å². The standard InChI is InChI=1S/C13H19N5/c1-10-4-5-15-13(12(10)6-14)17(2)8-11-7-16-18(3)9-11/h4-5,7,9H,6,8,14H2,1-3H3. The average molecular weight is 245 g/mol. The lowest BCUT2D eigenvalue weighted by molar-refractivity contribution is 0.766. The molecule has 0 saturated heterocycles. The van der Waals surface area contributed by atoms with Crippen LogP contribution in [0.4, 0.5) is 5.82 Å². The van der Waals surface area contributed by atoms with Gasteiger partial charge in [0.1, 0.15) is 5.82 Å². The monoisotopic (exact) mass is 245 g/mol. The predicted octanol–water partition coefficient (Wildman–Crippen LogP) is 1.22. The van der Waals surface area contributed by atoms with Crippen molar-refractivity contribution >= 4 is 5.82 Å². The predicted molar refractivity (Wildman–Crippen MR) is 72.2 cm³/mol. The minimum atomic E-state index is 0.506. The Balaban J connectivity index is 2.23. The highest BCUT2D eigenvalue weighted by molar-refractivity contribution is 5.50. The first-order valence-electron chi connectivity index (χ1n) is 5.95. The summed E-state index contributed by atoms with van der Waals surface area (Å²) in [6, 6.07) is 1.99. The first kappa shape index (κ1) is 12.6. The Morgan fingerprint density at radius 2 is 2.22 bits per heavy atom. The zero-order valence-corrected chi connectivity index (χ0v) is 11.1. The van der Waals surface area contributed by atoms with Gasteiger partial charge in [-0.25, -0.2) is 4.98 Å². The summed E-state index contributed by atoms with van der Waals surface area (Å²) in [5.41, 5.74) is 9.24. The molecule has 18 heavy (non-hydrogen) atoms. The van der Waals surface area contributed by atoms with Crippen molar-refractivity contribution in [2.24, 2.45) is 12.8 Å². The fourth-order valence-corrected chi connectivity index (χ4v) is 2.06. The van der Waals surface area contributed by atoms with Gasteiger partial charge in [0.2, 0.25) is 0 Å². The molecule has 2 rings (SSSR count). The van der Waals surface area contributed by atoms with E-state index in [-0.39, 0.29) is 0 Å². The Morgan fingerprint density at radius 1 is 1.44 bits per heavy atom. The van der Waals surface area contributed by atoms with E-state index in [0.717, 1.165) is 23.5 Å². The van der Waals surface area contributed by atoms with Gasteiger partial charge in [0.15, 0.2) is 0 Å². The van der Waals surface area contributed by atoms with Crippen LogP contribution >= 0.6 is 0 Å². The molecule has 0 amide bonds. The maximum Gasteiger partial charge on any atom is 0.133 e. The molecule has 2 heterocycles. The number of anilines is 1. The summed E-state index contributed by atoms with van der Waals surface area (Å²) in [7, 11) is 3.94. The maximum atomic E-state index is 5.80. The van der Waals surface area contributed by atoms with Crippen LogP contribution < -0.4 is 10.6 Å². The Morgan fingerprint density at radius 3 is 2.83 bits per heavy atom. The zero-order valence-electron chi connectivity index (χ0n) is 11.1. The van der Waals surface area contributed by atoms with Gasteiger partial charge >= 0.3 is 0 Å². The molecule has 96 valence electrons. The van der Waals surface area contributed by atoms with Gasteiger partial charge in [-0.2, -0.15) is 5.10 Å². The van der Waals surface area contributed by atoms with Crippen LogP contribution in [-0.4, -0.2) is 21.8 Å². The molecule has 0 spiro atoms. The molecule has 0 aliphatic rings. The van der Waals surface area contributed by atoms with Gasteiger partial charge in [-0.15, -0.1) is 0 Å². The maximum absolute atomic E-state index is 5.80. The summed E-state index contributed by atoms with van der Waals surface area (Å²) in [4.78, 5) is 6.54. The Kier molecular flexibility index (Phi) is 3.62. The van der Waals surface area contributed by atoms with E-state index in [1.165, 1.54) is 5.56 Å². The topological polar surface area (TPSA) is 60.0 Å². The lowest BCUT2D eigenvalue weighted by atomic mass is 10.1. The first-order chi connectivity index (χ1) is 8.61. The number of nitrogens with zero attached hydrogens (tertiary/aromatic N) is 4. The highest BCUT2D eigenvalue weighted by atomic mass is 15.2. The third kappa shape index (κ3) is 2.51. The molecule has 0 bridgehead atoms. The summed E-state index contributed by atoms with van der Waals surface area (Å²) in [6.45, 7) is 3.34. The Labute approximate surface area is 107 Å². The van der Waals surface area contributed by atoms with Crippen LogP contribution in [0.1, 0.15) is 16.7 Å². The second-order valence-corrected chi connectivity index (χ2v) is 4.51. The van der Waals surface area contributed by atoms with E-state index in [4.69, 9.17) is 5.73 Å². The van der Waals surface area contributed by atoms with E-state index in [1.807, 2.05) is 38.8 Å². The lowest BCUT2D eigenvalue weighted by Crippen LogP contribution is -2.20. The van der Waals surface area contributed by atoms with Gasteiger partial charge in [0.05, 0.1) is 6.20 Å². The van der Waals surface area contributed by atoms with Crippen LogP contribution in [-0.2, 0) is 20.1 Å². The van der Waals surface area contributed by atoms with Crippen molar-refractivity contribution in [3.05, 3.63) is 41.3 Å². The van der Waals surface area contributed by atoms with Crippen LogP contribution in [0.25, 0.3) is 0 Å². The number of aromatic nitrogens is 3. The number of nitrogens with two attached hydrogens (primary N) is 1. The number of hydrogen-bond donors (Lipinski definition) is 1. The molecular formula is C13H19N5. The van der Waals surface area contributed by atoms with Crippen LogP contribution in [0.15, 0.2) is 24.7 Å². The smallest absolute Gasteiger partial charge is 0.133 e. The third-order valence-corrected chi connectivity index (χ3v) is 3.01. The summed E-state index contributed by atoms with van der Waals surface area (Å²) in [5, 5.41) is 4.17. The van der Waals surface area contributed by atoms with Gasteiger partial charge in [-0.05, 0) is 18.6 Å². The minimum Gasteiger partial charge on any atom is -0.355 e. The van der Waals surface area contributed by atoms with Gasteiger partial charge < -0.3 is 10.6 Å². The van der Waals surface area contributed by atoms with Crippen molar-refractivity contribution in [3.63, 3.8) is 0 Å². The van der Waals surface area contributed by atoms with E-state index < -0.39 is 0 Å². The molecule has 0 fully saturated rings. The number of rotatable bonds is 4. The van der Waals surface area contributed by atoms with Gasteiger partial charge in [-0.3, -0.25) is 4.68 Å². The highest BCUT2D eigenvalue weighted by Crippen LogP contribution is 2.20. The summed E-state index contributed by atoms with van der Waals surface area (Å²) >= 11 is 0. The van der Waals surface area contributed by atoms with Crippen molar-refractivity contribution in [3.8, 4) is 0 Å². The number of hydrogen-bond acceptors (Lipinski definition) is 4. The van der Waals surface area contributed by atoms with Gasteiger partial charge in [0, 0.05) is 50.7 Å². The van der Waals surface area contributed by atoms with Crippen LogP contribution in [0.5, 0.6) is 0 Å². The second-order valence-electron chi connectivity index (χ2n) is 4.51. The quantitative estimate of drug-likeness (QED) is 0.880. The second kappa shape index (κ2) is 5.18. The Hall–Kier alpha value is -1.88. The molecule has 2 N–H and O–H groups in total. The van der Waals surface area contributed by atoms with Gasteiger partial charge in [-0.1, -0.05) is 0 Å². The molecule has 0 aliphatic carbocycles. The van der Waals surface area contributed by atoms with E-state index >= 15 is 0 Å². The Bertz CT molecular complexity index is 532. The molecule has 0 aromatic carbocycles. The van der Waals surface area contributed by atoms with Gasteiger partial charge in [0.25, 0.3) is 0 Å². The van der Waals surface area contributed by atoms with E-state index in [1.54, 1.807) is 4.68 Å². The molecule has 0 aliphatic heterocycles. The van der Waals surface area contributed by atoms with Crippen molar-refractivity contribution in [2.75, 3.05) is 11.9 Å². The summed E-state index contributed by atoms with van der Waals surface area (Å²) < 4.78 is 1.80. The van der Waals surface area contributed by atoms with Crippen molar-refractivity contribution in [1.29, 1.82) is 0 Å². The molecule has 2 aromatic heterocycles. The summed E-state index contributed by atoms with van der Waals surface area (Å²) in [5.74, 6) is 0.946. The lowest BCUT2D eigenvalue weighted by Gasteiger charge is -2.21. The molecule has 0 saturated carbocycles. The fraction of sp³-hybridized carbons (Fsp3) is 0.385. The SMILES string of the molecule is Cc1ccnc(N(C)Cc2cnn(C)c2)c1CN. The number of aryl methyl sites for hydroxylation is 2. The molecule has 0 unspecified atom stereocenters. The minimum absolute atomic E-state index is 0.506. The summed E-state index contributed by atoms with van der Waals surface area (Å²) in [6.07, 6.45) is 5.70. The molecule has 0 atom stereocenters. The molecule has 2 aromatic rings. The number of pyridine rings is 1. The first-order valence-corrected chi connectivity index (χ1v) is 5.95. The average Bonchev–Trinajstić information content (AvgIpc) is 2.74. The van der Waals surface area contributed by atoms with Crippen molar-refractivity contribution < 1.29 is 0 Å². The van der Waals surface area contributed by atoms with Crippen molar-refractivity contribution in [2.45, 2.75) is 20.0 Å². The molecule has 5 heteroatoms. The molecule has 5 nitrogen and oxygen atoms in total. The normalized spacial score (nSPS) is 10.7. The van der Waals surface area contributed by atoms with Crippen LogP contribution in [0.2, 0.25) is 0 Å².